The van der Waals surface area contributed by atoms with Crippen molar-refractivity contribution in [2.75, 3.05) is 18.6 Å². The van der Waals surface area contributed by atoms with Gasteiger partial charge in [0.1, 0.15) is 30.0 Å². The number of methoxy groups -OCH3 is 1. The third-order valence-corrected chi connectivity index (χ3v) is 8.27. The Labute approximate surface area is 248 Å². The quantitative estimate of drug-likeness (QED) is 0.351. The van der Waals surface area contributed by atoms with E-state index in [1.54, 1.807) is 12.1 Å². The van der Waals surface area contributed by atoms with Crippen LogP contribution < -0.4 is 4.90 Å². The number of halogens is 3. The van der Waals surface area contributed by atoms with Crippen LogP contribution in [0.4, 0.5) is 14.5 Å². The van der Waals surface area contributed by atoms with Gasteiger partial charge in [0.05, 0.1) is 36.6 Å². The van der Waals surface area contributed by atoms with Crippen LogP contribution >= 0.6 is 15.9 Å². The van der Waals surface area contributed by atoms with Gasteiger partial charge < -0.3 is 29.7 Å². The summed E-state index contributed by atoms with van der Waals surface area (Å²) < 4.78 is 42.3. The van der Waals surface area contributed by atoms with Gasteiger partial charge in [-0.05, 0) is 49.6 Å². The third-order valence-electron chi connectivity index (χ3n) is 7.81. The molecule has 5 rings (SSSR count). The molecule has 1 aliphatic heterocycles. The average Bonchev–Trinajstić information content (AvgIpc) is 3.46. The van der Waals surface area contributed by atoms with Crippen LogP contribution in [0.2, 0.25) is 0 Å². The number of hydrogen-bond donors (Lipinski definition) is 3. The number of carbonyl (C=O) groups excluding carboxylic acids is 1. The molecule has 42 heavy (non-hydrogen) atoms. The van der Waals surface area contributed by atoms with Gasteiger partial charge in [-0.3, -0.25) is 4.79 Å². The molecule has 1 saturated heterocycles. The highest BCUT2D eigenvalue weighted by Crippen LogP contribution is 2.38. The number of nitriles is 1. The van der Waals surface area contributed by atoms with Crippen molar-refractivity contribution in [2.45, 2.75) is 62.4 Å². The fourth-order valence-electron chi connectivity index (χ4n) is 5.41. The molecule has 5 unspecified atom stereocenters. The van der Waals surface area contributed by atoms with Crippen molar-refractivity contribution in [3.63, 3.8) is 0 Å². The van der Waals surface area contributed by atoms with Gasteiger partial charge >= 0.3 is 0 Å². The molecule has 14 heteroatoms. The maximum Gasteiger partial charge on any atom is 0.259 e. The molecule has 1 aliphatic carbocycles. The van der Waals surface area contributed by atoms with E-state index in [0.29, 0.717) is 23.0 Å². The molecule has 1 amide bonds. The molecule has 2 heterocycles. The van der Waals surface area contributed by atoms with Gasteiger partial charge in [-0.1, -0.05) is 27.2 Å². The van der Waals surface area contributed by atoms with Crippen molar-refractivity contribution in [2.24, 2.45) is 0 Å². The SMILES string of the molecule is COC1C(C(=O)N(c2cc(Br)cc(C#N)c2)[C@H]2CC[C@@H]2O)OC(CO)C(O)C1n1cc(-c2ccc(C)c(F)c2F)nn1. The Morgan fingerprint density at radius 1 is 1.26 bits per heavy atom. The lowest BCUT2D eigenvalue weighted by molar-refractivity contribution is -0.211. The Balaban J connectivity index is 1.54. The molecule has 11 nitrogen and oxygen atoms in total. The van der Waals surface area contributed by atoms with E-state index >= 15 is 0 Å². The highest BCUT2D eigenvalue weighted by atomic mass is 79.9. The van der Waals surface area contributed by atoms with Crippen molar-refractivity contribution in [1.29, 1.82) is 5.26 Å². The summed E-state index contributed by atoms with van der Waals surface area (Å²) in [4.78, 5) is 15.6. The molecule has 0 spiro atoms. The zero-order valence-electron chi connectivity index (χ0n) is 22.6. The van der Waals surface area contributed by atoms with E-state index in [1.165, 1.54) is 48.0 Å². The Morgan fingerprint density at radius 3 is 2.64 bits per heavy atom. The summed E-state index contributed by atoms with van der Waals surface area (Å²) in [5.74, 6) is -2.78. The molecule has 0 radical (unpaired) electrons. The molecule has 222 valence electrons. The predicted molar refractivity (Wildman–Crippen MR) is 147 cm³/mol. The van der Waals surface area contributed by atoms with Crippen LogP contribution in [0.5, 0.6) is 0 Å². The molecule has 1 aromatic heterocycles. The van der Waals surface area contributed by atoms with E-state index in [1.807, 2.05) is 6.07 Å². The number of carbonyl (C=O) groups is 1. The summed E-state index contributed by atoms with van der Waals surface area (Å²) in [7, 11) is 1.30. The summed E-state index contributed by atoms with van der Waals surface area (Å²) in [6.45, 7) is 0.757. The fraction of sp³-hybridized carbons (Fsp3) is 0.429. The normalized spacial score (nSPS) is 27.3. The zero-order valence-corrected chi connectivity index (χ0v) is 24.1. The number of anilines is 1. The highest BCUT2D eigenvalue weighted by Gasteiger charge is 2.52. The summed E-state index contributed by atoms with van der Waals surface area (Å²) in [6.07, 6.45) is -3.93. The standard InChI is InChI=1S/C28H28BrF2N5O6/c1-13-3-4-17(23(31)22(13)30)18-11-35(34-33-18)24-25(39)21(12-37)42-27(26(24)41-2)28(40)36(19-5-6-20(19)38)16-8-14(10-32)7-15(29)9-16/h3-4,7-9,11,19-21,24-27,37-39H,5-6,12H2,1-2H3/t19-,20-,21?,24?,25?,26?,27?/m0/s1. The Hall–Kier alpha value is -3.32. The Bertz CT molecular complexity index is 1530. The second-order valence-corrected chi connectivity index (χ2v) is 11.2. The first-order valence-corrected chi connectivity index (χ1v) is 13.9. The van der Waals surface area contributed by atoms with Crippen LogP contribution in [0.1, 0.15) is 30.0 Å². The van der Waals surface area contributed by atoms with Crippen molar-refractivity contribution in [1.82, 2.24) is 15.0 Å². The van der Waals surface area contributed by atoms with Crippen molar-refractivity contribution in [3.05, 3.63) is 63.8 Å². The number of aromatic nitrogens is 3. The summed E-state index contributed by atoms with van der Waals surface area (Å²) in [6, 6.07) is 7.73. The van der Waals surface area contributed by atoms with Crippen LogP contribution in [0, 0.1) is 29.9 Å². The van der Waals surface area contributed by atoms with Crippen LogP contribution in [0.25, 0.3) is 11.3 Å². The van der Waals surface area contributed by atoms with Gasteiger partial charge in [0.15, 0.2) is 17.7 Å². The van der Waals surface area contributed by atoms with E-state index in [2.05, 4.69) is 26.2 Å². The topological polar surface area (TPSA) is 154 Å². The Kier molecular flexibility index (Phi) is 8.70. The van der Waals surface area contributed by atoms with Crippen LogP contribution in [-0.4, -0.2) is 86.5 Å². The molecule has 0 bridgehead atoms. The van der Waals surface area contributed by atoms with Gasteiger partial charge in [-0.25, -0.2) is 13.5 Å². The minimum atomic E-state index is -1.45. The molecule has 2 aromatic carbocycles. The number of benzene rings is 2. The molecular formula is C28H28BrF2N5O6. The summed E-state index contributed by atoms with van der Waals surface area (Å²) >= 11 is 3.36. The lowest BCUT2D eigenvalue weighted by Gasteiger charge is -2.47. The van der Waals surface area contributed by atoms with E-state index < -0.39 is 66.8 Å². The summed E-state index contributed by atoms with van der Waals surface area (Å²) in [5, 5.41) is 49.3. The summed E-state index contributed by atoms with van der Waals surface area (Å²) in [5.41, 5.74) is 0.537. The third kappa shape index (κ3) is 5.32. The molecular weight excluding hydrogens is 620 g/mol. The number of nitrogens with zero attached hydrogens (tertiary/aromatic N) is 5. The first-order valence-electron chi connectivity index (χ1n) is 13.1. The van der Waals surface area contributed by atoms with E-state index in [9.17, 15) is 34.2 Å². The zero-order chi connectivity index (χ0) is 30.3. The maximum atomic E-state index is 14.7. The van der Waals surface area contributed by atoms with Crippen molar-refractivity contribution < 1.29 is 38.4 Å². The van der Waals surface area contributed by atoms with Gasteiger partial charge in [0, 0.05) is 22.8 Å². The lowest BCUT2D eigenvalue weighted by atomic mass is 9.85. The van der Waals surface area contributed by atoms with Gasteiger partial charge in [0.25, 0.3) is 5.91 Å². The monoisotopic (exact) mass is 647 g/mol. The number of amides is 1. The molecule has 1 saturated carbocycles. The largest absolute Gasteiger partial charge is 0.394 e. The van der Waals surface area contributed by atoms with E-state index in [4.69, 9.17) is 9.47 Å². The minimum Gasteiger partial charge on any atom is -0.394 e. The molecule has 2 aliphatic rings. The number of aliphatic hydroxyl groups excluding tert-OH is 3. The van der Waals surface area contributed by atoms with Crippen LogP contribution in [0.15, 0.2) is 41.0 Å². The maximum absolute atomic E-state index is 14.7. The smallest absolute Gasteiger partial charge is 0.259 e. The number of hydrogen-bond acceptors (Lipinski definition) is 9. The van der Waals surface area contributed by atoms with E-state index in [0.717, 1.165) is 0 Å². The first-order chi connectivity index (χ1) is 20.1. The van der Waals surface area contributed by atoms with Crippen LogP contribution in [0.3, 0.4) is 0 Å². The van der Waals surface area contributed by atoms with Crippen LogP contribution in [-0.2, 0) is 14.3 Å². The van der Waals surface area contributed by atoms with Crippen molar-refractivity contribution in [3.8, 4) is 17.3 Å². The number of ether oxygens (including phenoxy) is 2. The first kappa shape index (κ1) is 30.1. The number of aryl methyl sites for hydroxylation is 1. The Morgan fingerprint density at radius 2 is 2.02 bits per heavy atom. The molecule has 3 N–H and O–H groups in total. The minimum absolute atomic E-state index is 0.0271. The van der Waals surface area contributed by atoms with Crippen molar-refractivity contribution >= 4 is 27.5 Å². The predicted octanol–water partition coefficient (Wildman–Crippen LogP) is 2.40. The second-order valence-electron chi connectivity index (χ2n) is 10.3. The van der Waals surface area contributed by atoms with Gasteiger partial charge in [-0.15, -0.1) is 5.10 Å². The lowest BCUT2D eigenvalue weighted by Crippen LogP contribution is -2.64. The van der Waals surface area contributed by atoms with E-state index in [-0.39, 0.29) is 22.4 Å². The fourth-order valence-corrected chi connectivity index (χ4v) is 5.89. The number of rotatable bonds is 7. The molecule has 2 fully saturated rings. The number of aliphatic hydroxyl groups is 3. The van der Waals surface area contributed by atoms with Gasteiger partial charge in [-0.2, -0.15) is 5.26 Å². The highest BCUT2D eigenvalue weighted by molar-refractivity contribution is 9.10. The van der Waals surface area contributed by atoms with Gasteiger partial charge in [0.2, 0.25) is 0 Å². The average molecular weight is 648 g/mol. The molecule has 3 aromatic rings. The molecule has 7 atom stereocenters. The second kappa shape index (κ2) is 12.1.